The summed E-state index contributed by atoms with van der Waals surface area (Å²) in [7, 11) is 1.64. The molecule has 1 aliphatic rings. The van der Waals surface area contributed by atoms with E-state index in [0.29, 0.717) is 30.3 Å². The number of fused-ring (bicyclic) bond motifs is 1. The molecule has 4 heteroatoms. The fourth-order valence-electron chi connectivity index (χ4n) is 2.13. The molecule has 0 atom stereocenters. The molecule has 0 saturated carbocycles. The van der Waals surface area contributed by atoms with E-state index in [2.05, 4.69) is 0 Å². The molecule has 0 aromatic heterocycles. The van der Waals surface area contributed by atoms with E-state index in [1.165, 1.54) is 0 Å². The molecular formula is C17H16O4. The van der Waals surface area contributed by atoms with Crippen molar-refractivity contribution in [2.24, 2.45) is 0 Å². The summed E-state index contributed by atoms with van der Waals surface area (Å²) in [4.78, 5) is 0. The van der Waals surface area contributed by atoms with E-state index in [1.54, 1.807) is 25.3 Å². The van der Waals surface area contributed by atoms with Crippen LogP contribution in [0.3, 0.4) is 0 Å². The quantitative estimate of drug-likeness (QED) is 0.932. The van der Waals surface area contributed by atoms with Crippen LogP contribution in [0.2, 0.25) is 0 Å². The Bertz CT molecular complexity index is 659. The number of hydrogen-bond donors (Lipinski definition) is 1. The van der Waals surface area contributed by atoms with E-state index in [4.69, 9.17) is 14.2 Å². The fourth-order valence-corrected chi connectivity index (χ4v) is 2.13. The standard InChI is InChI=1S/C17H16O4/c1-19-13-4-2-12(3-5-13)11-21-14-6-7-15-16(18)8-9-20-17(15)10-14/h2-8,10,18H,9,11H2,1H3. The molecule has 0 bridgehead atoms. The zero-order chi connectivity index (χ0) is 14.7. The number of aliphatic hydroxyl groups is 1. The van der Waals surface area contributed by atoms with Crippen LogP contribution < -0.4 is 14.2 Å². The third kappa shape index (κ3) is 2.94. The van der Waals surface area contributed by atoms with Crippen LogP contribution in [0.5, 0.6) is 17.2 Å². The summed E-state index contributed by atoms with van der Waals surface area (Å²) in [6.07, 6.45) is 1.64. The molecule has 0 spiro atoms. The van der Waals surface area contributed by atoms with Crippen molar-refractivity contribution in [1.29, 1.82) is 0 Å². The number of hydrogen-bond acceptors (Lipinski definition) is 4. The smallest absolute Gasteiger partial charge is 0.134 e. The Morgan fingerprint density at radius 1 is 1.10 bits per heavy atom. The van der Waals surface area contributed by atoms with Crippen molar-refractivity contribution in [3.8, 4) is 17.2 Å². The predicted molar refractivity (Wildman–Crippen MR) is 79.9 cm³/mol. The minimum atomic E-state index is 0.248. The van der Waals surface area contributed by atoms with Crippen LogP contribution in [0.15, 0.2) is 48.5 Å². The van der Waals surface area contributed by atoms with Gasteiger partial charge in [0.05, 0.1) is 12.7 Å². The molecule has 0 unspecified atom stereocenters. The van der Waals surface area contributed by atoms with Gasteiger partial charge < -0.3 is 19.3 Å². The first-order valence-corrected chi connectivity index (χ1v) is 6.68. The van der Waals surface area contributed by atoms with E-state index in [-0.39, 0.29) is 5.76 Å². The summed E-state index contributed by atoms with van der Waals surface area (Å²) in [6.45, 7) is 0.839. The second-order valence-corrected chi connectivity index (χ2v) is 4.70. The molecule has 2 aromatic carbocycles. The van der Waals surface area contributed by atoms with Gasteiger partial charge >= 0.3 is 0 Å². The molecule has 1 N–H and O–H groups in total. The summed E-state index contributed by atoms with van der Waals surface area (Å²) in [6, 6.07) is 13.1. The lowest BCUT2D eigenvalue weighted by Crippen LogP contribution is -2.05. The van der Waals surface area contributed by atoms with Crippen molar-refractivity contribution in [2.45, 2.75) is 6.61 Å². The molecule has 3 rings (SSSR count). The third-order valence-electron chi connectivity index (χ3n) is 3.31. The Morgan fingerprint density at radius 3 is 2.62 bits per heavy atom. The molecule has 0 aliphatic carbocycles. The van der Waals surface area contributed by atoms with Gasteiger partial charge in [-0.3, -0.25) is 0 Å². The van der Waals surface area contributed by atoms with E-state index in [1.807, 2.05) is 30.3 Å². The monoisotopic (exact) mass is 284 g/mol. The highest BCUT2D eigenvalue weighted by molar-refractivity contribution is 5.67. The second kappa shape index (κ2) is 5.79. The van der Waals surface area contributed by atoms with Crippen molar-refractivity contribution in [3.05, 3.63) is 59.7 Å². The van der Waals surface area contributed by atoms with Crippen LogP contribution in [0, 0.1) is 0 Å². The van der Waals surface area contributed by atoms with Gasteiger partial charge in [-0.2, -0.15) is 0 Å². The molecule has 0 saturated heterocycles. The van der Waals surface area contributed by atoms with Crippen LogP contribution >= 0.6 is 0 Å². The highest BCUT2D eigenvalue weighted by Gasteiger charge is 2.13. The summed E-state index contributed by atoms with van der Waals surface area (Å²) >= 11 is 0. The molecule has 4 nitrogen and oxygen atoms in total. The zero-order valence-corrected chi connectivity index (χ0v) is 11.7. The molecule has 2 aromatic rings. The molecule has 0 fully saturated rings. The molecule has 0 radical (unpaired) electrons. The first-order chi connectivity index (χ1) is 10.3. The minimum Gasteiger partial charge on any atom is -0.507 e. The van der Waals surface area contributed by atoms with Gasteiger partial charge in [-0.15, -0.1) is 0 Å². The summed E-state index contributed by atoms with van der Waals surface area (Å²) in [5, 5.41) is 9.74. The van der Waals surface area contributed by atoms with Crippen LogP contribution in [0.1, 0.15) is 11.1 Å². The van der Waals surface area contributed by atoms with Gasteiger partial charge in [-0.1, -0.05) is 12.1 Å². The molecule has 0 amide bonds. The number of ether oxygens (including phenoxy) is 3. The first kappa shape index (κ1) is 13.4. The largest absolute Gasteiger partial charge is 0.507 e. The Hall–Kier alpha value is -2.62. The molecule has 1 heterocycles. The van der Waals surface area contributed by atoms with Gasteiger partial charge in [0, 0.05) is 6.07 Å². The molecular weight excluding hydrogens is 268 g/mol. The Labute approximate surface area is 123 Å². The van der Waals surface area contributed by atoms with E-state index < -0.39 is 0 Å². The van der Waals surface area contributed by atoms with Crippen molar-refractivity contribution in [1.82, 2.24) is 0 Å². The maximum atomic E-state index is 9.74. The highest BCUT2D eigenvalue weighted by atomic mass is 16.5. The lowest BCUT2D eigenvalue weighted by molar-refractivity contribution is 0.299. The Balaban J connectivity index is 1.69. The number of rotatable bonds is 4. The highest BCUT2D eigenvalue weighted by Crippen LogP contribution is 2.32. The van der Waals surface area contributed by atoms with Gasteiger partial charge in [0.25, 0.3) is 0 Å². The third-order valence-corrected chi connectivity index (χ3v) is 3.31. The maximum Gasteiger partial charge on any atom is 0.134 e. The molecule has 21 heavy (non-hydrogen) atoms. The van der Waals surface area contributed by atoms with Crippen molar-refractivity contribution < 1.29 is 19.3 Å². The van der Waals surface area contributed by atoms with Crippen LogP contribution in [0.4, 0.5) is 0 Å². The summed E-state index contributed by atoms with van der Waals surface area (Å²) < 4.78 is 16.3. The Morgan fingerprint density at radius 2 is 1.86 bits per heavy atom. The molecule has 108 valence electrons. The lowest BCUT2D eigenvalue weighted by Gasteiger charge is -2.16. The summed E-state index contributed by atoms with van der Waals surface area (Å²) in [5.74, 6) is 2.42. The maximum absolute atomic E-state index is 9.74. The number of benzene rings is 2. The van der Waals surface area contributed by atoms with Gasteiger partial charge in [-0.05, 0) is 35.9 Å². The lowest BCUT2D eigenvalue weighted by atomic mass is 10.1. The van der Waals surface area contributed by atoms with E-state index in [0.717, 1.165) is 11.3 Å². The average molecular weight is 284 g/mol. The van der Waals surface area contributed by atoms with Crippen LogP contribution in [0.25, 0.3) is 5.76 Å². The van der Waals surface area contributed by atoms with Gasteiger partial charge in [0.15, 0.2) is 0 Å². The van der Waals surface area contributed by atoms with E-state index in [9.17, 15) is 5.11 Å². The fraction of sp³-hybridized carbons (Fsp3) is 0.176. The minimum absolute atomic E-state index is 0.248. The topological polar surface area (TPSA) is 47.9 Å². The SMILES string of the molecule is COc1ccc(COc2ccc3c(c2)OCC=C3O)cc1. The normalized spacial score (nSPS) is 12.9. The van der Waals surface area contributed by atoms with Crippen LogP contribution in [-0.4, -0.2) is 18.8 Å². The van der Waals surface area contributed by atoms with Gasteiger partial charge in [-0.25, -0.2) is 0 Å². The van der Waals surface area contributed by atoms with Crippen LogP contribution in [-0.2, 0) is 6.61 Å². The Kier molecular flexibility index (Phi) is 3.69. The number of aliphatic hydroxyl groups excluding tert-OH is 1. The second-order valence-electron chi connectivity index (χ2n) is 4.70. The van der Waals surface area contributed by atoms with Crippen molar-refractivity contribution in [3.63, 3.8) is 0 Å². The first-order valence-electron chi connectivity index (χ1n) is 6.68. The zero-order valence-electron chi connectivity index (χ0n) is 11.7. The van der Waals surface area contributed by atoms with E-state index >= 15 is 0 Å². The van der Waals surface area contributed by atoms with Crippen molar-refractivity contribution >= 4 is 5.76 Å². The molecule has 1 aliphatic heterocycles. The predicted octanol–water partition coefficient (Wildman–Crippen LogP) is 3.57. The number of methoxy groups -OCH3 is 1. The summed E-state index contributed by atoms with van der Waals surface area (Å²) in [5.41, 5.74) is 1.75. The van der Waals surface area contributed by atoms with Gasteiger partial charge in [0.2, 0.25) is 0 Å². The van der Waals surface area contributed by atoms with Crippen molar-refractivity contribution in [2.75, 3.05) is 13.7 Å². The van der Waals surface area contributed by atoms with Gasteiger partial charge in [0.1, 0.15) is 36.2 Å². The average Bonchev–Trinajstić information content (AvgIpc) is 2.53.